The molecule has 2 aromatic carbocycles. The van der Waals surface area contributed by atoms with E-state index in [0.717, 1.165) is 18.4 Å². The monoisotopic (exact) mass is 522 g/mol. The largest absolute Gasteiger partial charge is 0.497 e. The minimum Gasteiger partial charge on any atom is -0.497 e. The van der Waals surface area contributed by atoms with Gasteiger partial charge in [-0.2, -0.15) is 0 Å². The fourth-order valence-electron chi connectivity index (χ4n) is 4.59. The Bertz CT molecular complexity index is 1230. The maximum absolute atomic E-state index is 13.8. The van der Waals surface area contributed by atoms with Crippen molar-refractivity contribution in [2.45, 2.75) is 38.8 Å². The Hall–Kier alpha value is -3.52. The first kappa shape index (κ1) is 26.5. The molecule has 1 aliphatic heterocycles. The number of hydrogen-bond donors (Lipinski definition) is 0. The molecule has 2 atom stereocenters. The zero-order valence-corrected chi connectivity index (χ0v) is 22.6. The number of fused-ring (bicyclic) bond motifs is 1. The Labute approximate surface area is 222 Å². The molecule has 2 heterocycles. The smallest absolute Gasteiger partial charge is 0.254 e. The van der Waals surface area contributed by atoms with Crippen LogP contribution in [0, 0.1) is 0 Å². The fraction of sp³-hybridized carbons (Fsp3) is 0.379. The number of ether oxygens (including phenoxy) is 3. The molecule has 0 fully saturated rings. The van der Waals surface area contributed by atoms with Crippen molar-refractivity contribution in [3.8, 4) is 17.2 Å². The number of methoxy groups -OCH3 is 2. The lowest BCUT2D eigenvalue weighted by atomic mass is 10.00. The number of rotatable bonds is 10. The summed E-state index contributed by atoms with van der Waals surface area (Å²) < 4.78 is 16.9. The van der Waals surface area contributed by atoms with E-state index < -0.39 is 0 Å². The molecule has 0 aliphatic carbocycles. The van der Waals surface area contributed by atoms with E-state index in [2.05, 4.69) is 11.4 Å². The summed E-state index contributed by atoms with van der Waals surface area (Å²) in [4.78, 5) is 32.1. The van der Waals surface area contributed by atoms with E-state index in [-0.39, 0.29) is 30.4 Å². The highest BCUT2D eigenvalue weighted by molar-refractivity contribution is 7.10. The van der Waals surface area contributed by atoms with E-state index in [4.69, 9.17) is 14.2 Å². The molecule has 0 N–H and O–H groups in total. The molecule has 0 unspecified atom stereocenters. The first-order valence-electron chi connectivity index (χ1n) is 12.5. The van der Waals surface area contributed by atoms with Crippen LogP contribution in [0.1, 0.15) is 47.1 Å². The molecule has 2 amide bonds. The number of hydrogen-bond acceptors (Lipinski definition) is 6. The van der Waals surface area contributed by atoms with Gasteiger partial charge in [-0.1, -0.05) is 25.1 Å². The van der Waals surface area contributed by atoms with Gasteiger partial charge >= 0.3 is 0 Å². The van der Waals surface area contributed by atoms with Gasteiger partial charge in [0.1, 0.15) is 18.9 Å². The van der Waals surface area contributed by atoms with Crippen LogP contribution < -0.4 is 14.2 Å². The number of carbonyl (C=O) groups is 2. The van der Waals surface area contributed by atoms with Gasteiger partial charge < -0.3 is 24.0 Å². The van der Waals surface area contributed by atoms with Crippen LogP contribution in [0.25, 0.3) is 0 Å². The van der Waals surface area contributed by atoms with Crippen molar-refractivity contribution in [3.05, 3.63) is 76.0 Å². The summed E-state index contributed by atoms with van der Waals surface area (Å²) >= 11 is 1.71. The predicted octanol–water partition coefficient (Wildman–Crippen LogP) is 5.21. The molecule has 0 radical (unpaired) electrons. The minimum atomic E-state index is -0.252. The Kier molecular flexibility index (Phi) is 8.71. The van der Waals surface area contributed by atoms with E-state index in [1.54, 1.807) is 54.7 Å². The molecule has 0 spiro atoms. The van der Waals surface area contributed by atoms with Crippen LogP contribution in [-0.2, 0) is 11.2 Å². The maximum Gasteiger partial charge on any atom is 0.254 e. The van der Waals surface area contributed by atoms with Crippen LogP contribution in [0.5, 0.6) is 17.2 Å². The number of thiophene rings is 1. The lowest BCUT2D eigenvalue weighted by Crippen LogP contribution is -2.49. The number of benzene rings is 2. The van der Waals surface area contributed by atoms with Crippen LogP contribution in [0.2, 0.25) is 0 Å². The van der Waals surface area contributed by atoms with Gasteiger partial charge in [-0.25, -0.2) is 0 Å². The van der Waals surface area contributed by atoms with Crippen LogP contribution in [0.3, 0.4) is 0 Å². The first-order chi connectivity index (χ1) is 18.0. The van der Waals surface area contributed by atoms with Crippen molar-refractivity contribution < 1.29 is 23.8 Å². The van der Waals surface area contributed by atoms with Crippen LogP contribution in [-0.4, -0.2) is 61.6 Å². The average Bonchev–Trinajstić information content (AvgIpc) is 3.43. The second kappa shape index (κ2) is 12.1. The third-order valence-electron chi connectivity index (χ3n) is 6.89. The van der Waals surface area contributed by atoms with Gasteiger partial charge in [0.2, 0.25) is 5.91 Å². The predicted molar refractivity (Wildman–Crippen MR) is 145 cm³/mol. The Morgan fingerprint density at radius 3 is 2.59 bits per heavy atom. The highest BCUT2D eigenvalue weighted by atomic mass is 32.1. The summed E-state index contributed by atoms with van der Waals surface area (Å²) in [6, 6.07) is 16.3. The molecule has 1 aliphatic rings. The van der Waals surface area contributed by atoms with Gasteiger partial charge in [0.25, 0.3) is 5.91 Å². The molecule has 4 rings (SSSR count). The van der Waals surface area contributed by atoms with E-state index >= 15 is 0 Å². The summed E-state index contributed by atoms with van der Waals surface area (Å²) in [7, 11) is 3.18. The number of carbonyl (C=O) groups excluding carboxylic acids is 2. The fourth-order valence-corrected chi connectivity index (χ4v) is 5.52. The van der Waals surface area contributed by atoms with E-state index in [1.807, 2.05) is 43.0 Å². The van der Waals surface area contributed by atoms with E-state index in [0.29, 0.717) is 36.0 Å². The Balaban J connectivity index is 1.56. The van der Waals surface area contributed by atoms with Crippen LogP contribution >= 0.6 is 11.3 Å². The van der Waals surface area contributed by atoms with Gasteiger partial charge in [-0.05, 0) is 67.1 Å². The standard InChI is InChI=1S/C29H34N2O5S/c1-5-20(2)31(29(33)21-9-8-10-22(17-21)34-3)18-28(32)30-15-13-27-23(14-16-37-27)24(30)19-36-26-12-7-6-11-25(26)35-4/h6-12,14,16-17,20,24H,5,13,15,18-19H2,1-4H3/t20-,24-/m0/s1. The van der Waals surface area contributed by atoms with Crippen molar-refractivity contribution in [1.82, 2.24) is 9.80 Å². The SMILES string of the molecule is CC[C@H](C)N(CC(=O)N1CCc2sccc2[C@@H]1COc1ccccc1OC)C(=O)c1cccc(OC)c1. The summed E-state index contributed by atoms with van der Waals surface area (Å²) in [6.45, 7) is 4.86. The maximum atomic E-state index is 13.8. The molecule has 8 heteroatoms. The molecule has 0 bridgehead atoms. The quantitative estimate of drug-likeness (QED) is 0.366. The molecular formula is C29H34N2O5S. The van der Waals surface area contributed by atoms with E-state index in [1.165, 1.54) is 4.88 Å². The number of amides is 2. The zero-order chi connectivity index (χ0) is 26.4. The van der Waals surface area contributed by atoms with Crippen molar-refractivity contribution in [1.29, 1.82) is 0 Å². The minimum absolute atomic E-state index is 0.00429. The highest BCUT2D eigenvalue weighted by Gasteiger charge is 2.34. The highest BCUT2D eigenvalue weighted by Crippen LogP contribution is 2.35. The van der Waals surface area contributed by atoms with Gasteiger partial charge in [-0.15, -0.1) is 11.3 Å². The Morgan fingerprint density at radius 1 is 1.08 bits per heavy atom. The van der Waals surface area contributed by atoms with Gasteiger partial charge in [0.05, 0.1) is 20.3 Å². The lowest BCUT2D eigenvalue weighted by molar-refractivity contribution is -0.136. The summed E-state index contributed by atoms with van der Waals surface area (Å²) in [5, 5.41) is 2.06. The topological polar surface area (TPSA) is 68.3 Å². The van der Waals surface area contributed by atoms with Crippen LogP contribution in [0.4, 0.5) is 0 Å². The van der Waals surface area contributed by atoms with Crippen molar-refractivity contribution in [3.63, 3.8) is 0 Å². The number of para-hydroxylation sites is 2. The molecular weight excluding hydrogens is 488 g/mol. The second-order valence-electron chi connectivity index (χ2n) is 9.04. The molecule has 7 nitrogen and oxygen atoms in total. The molecule has 3 aromatic rings. The third kappa shape index (κ3) is 5.91. The first-order valence-corrected chi connectivity index (χ1v) is 13.4. The lowest BCUT2D eigenvalue weighted by Gasteiger charge is -2.38. The average molecular weight is 523 g/mol. The van der Waals surface area contributed by atoms with Crippen molar-refractivity contribution >= 4 is 23.2 Å². The molecule has 0 saturated heterocycles. The molecule has 1 aromatic heterocycles. The van der Waals surface area contributed by atoms with Gasteiger partial charge in [0.15, 0.2) is 11.5 Å². The summed E-state index contributed by atoms with van der Waals surface area (Å²) in [5.41, 5.74) is 1.61. The summed E-state index contributed by atoms with van der Waals surface area (Å²) in [5.74, 6) is 1.61. The van der Waals surface area contributed by atoms with Crippen molar-refractivity contribution in [2.24, 2.45) is 0 Å². The zero-order valence-electron chi connectivity index (χ0n) is 21.8. The number of nitrogens with zero attached hydrogens (tertiary/aromatic N) is 2. The van der Waals surface area contributed by atoms with Crippen LogP contribution in [0.15, 0.2) is 60.0 Å². The molecule has 196 valence electrons. The molecule has 37 heavy (non-hydrogen) atoms. The third-order valence-corrected chi connectivity index (χ3v) is 7.88. The summed E-state index contributed by atoms with van der Waals surface area (Å²) in [6.07, 6.45) is 1.52. The normalized spacial score (nSPS) is 15.5. The van der Waals surface area contributed by atoms with Crippen molar-refractivity contribution in [2.75, 3.05) is 33.9 Å². The van der Waals surface area contributed by atoms with Gasteiger partial charge in [0, 0.05) is 23.0 Å². The Morgan fingerprint density at radius 2 is 1.86 bits per heavy atom. The van der Waals surface area contributed by atoms with Gasteiger partial charge in [-0.3, -0.25) is 9.59 Å². The second-order valence-corrected chi connectivity index (χ2v) is 10.0. The van der Waals surface area contributed by atoms with E-state index in [9.17, 15) is 9.59 Å². The molecule has 0 saturated carbocycles.